The standard InChI is InChI=1S/C16H25N3O3/c1-11-16(20)19(8-6-7-18(2)3)13-10-15(22-5)14(21-4)9-12(13)17-11/h9-11,17H,6-8H2,1-5H3. The number of anilines is 2. The molecule has 22 heavy (non-hydrogen) atoms. The summed E-state index contributed by atoms with van der Waals surface area (Å²) in [5.74, 6) is 1.37. The van der Waals surface area contributed by atoms with Gasteiger partial charge in [-0.25, -0.2) is 0 Å². The first-order chi connectivity index (χ1) is 10.5. The van der Waals surface area contributed by atoms with Gasteiger partial charge in [0.1, 0.15) is 6.04 Å². The highest BCUT2D eigenvalue weighted by Gasteiger charge is 2.30. The summed E-state index contributed by atoms with van der Waals surface area (Å²) in [6, 6.07) is 3.50. The largest absolute Gasteiger partial charge is 0.493 e. The van der Waals surface area contributed by atoms with Crippen LogP contribution < -0.4 is 19.7 Å². The first-order valence-corrected chi connectivity index (χ1v) is 7.46. The minimum Gasteiger partial charge on any atom is -0.493 e. The van der Waals surface area contributed by atoms with Gasteiger partial charge in [-0.05, 0) is 34.0 Å². The van der Waals surface area contributed by atoms with Gasteiger partial charge >= 0.3 is 0 Å². The molecule has 0 bridgehead atoms. The van der Waals surface area contributed by atoms with Crippen molar-refractivity contribution in [3.8, 4) is 11.5 Å². The third kappa shape index (κ3) is 3.27. The predicted octanol–water partition coefficient (Wildman–Crippen LogP) is 1.80. The van der Waals surface area contributed by atoms with Crippen LogP contribution in [-0.2, 0) is 4.79 Å². The molecule has 1 aromatic rings. The summed E-state index contributed by atoms with van der Waals surface area (Å²) in [7, 11) is 7.27. The fourth-order valence-electron chi connectivity index (χ4n) is 2.63. The van der Waals surface area contributed by atoms with E-state index in [1.807, 2.05) is 38.1 Å². The van der Waals surface area contributed by atoms with Gasteiger partial charge in [-0.15, -0.1) is 0 Å². The van der Waals surface area contributed by atoms with Crippen LogP contribution in [0.2, 0.25) is 0 Å². The smallest absolute Gasteiger partial charge is 0.249 e. The summed E-state index contributed by atoms with van der Waals surface area (Å²) in [5, 5.41) is 3.23. The number of rotatable bonds is 6. The van der Waals surface area contributed by atoms with E-state index in [4.69, 9.17) is 9.47 Å². The van der Waals surface area contributed by atoms with Gasteiger partial charge < -0.3 is 24.6 Å². The second kappa shape index (κ2) is 6.87. The van der Waals surface area contributed by atoms with Gasteiger partial charge in [0.05, 0.1) is 25.6 Å². The van der Waals surface area contributed by atoms with E-state index in [0.717, 1.165) is 24.3 Å². The highest BCUT2D eigenvalue weighted by molar-refractivity contribution is 6.05. The van der Waals surface area contributed by atoms with Crippen LogP contribution in [-0.4, -0.2) is 58.3 Å². The van der Waals surface area contributed by atoms with Gasteiger partial charge in [-0.2, -0.15) is 0 Å². The van der Waals surface area contributed by atoms with E-state index in [9.17, 15) is 4.79 Å². The zero-order chi connectivity index (χ0) is 16.3. The van der Waals surface area contributed by atoms with Gasteiger partial charge in [-0.1, -0.05) is 0 Å². The Labute approximate surface area is 132 Å². The molecule has 0 aliphatic carbocycles. The molecule has 0 radical (unpaired) electrons. The average molecular weight is 307 g/mol. The number of carbonyl (C=O) groups is 1. The maximum atomic E-state index is 12.5. The molecule has 1 amide bonds. The Morgan fingerprint density at radius 2 is 1.86 bits per heavy atom. The number of amides is 1. The van der Waals surface area contributed by atoms with Crippen molar-refractivity contribution in [1.29, 1.82) is 0 Å². The Kier molecular flexibility index (Phi) is 5.13. The summed E-state index contributed by atoms with van der Waals surface area (Å²) in [6.45, 7) is 3.50. The Hall–Kier alpha value is -1.95. The van der Waals surface area contributed by atoms with Crippen molar-refractivity contribution in [3.63, 3.8) is 0 Å². The van der Waals surface area contributed by atoms with Gasteiger partial charge in [0.25, 0.3) is 0 Å². The molecule has 1 atom stereocenters. The van der Waals surface area contributed by atoms with Gasteiger partial charge in [0.2, 0.25) is 5.91 Å². The van der Waals surface area contributed by atoms with Crippen molar-refractivity contribution in [1.82, 2.24) is 4.90 Å². The molecule has 1 aliphatic rings. The molecule has 0 fully saturated rings. The fourth-order valence-corrected chi connectivity index (χ4v) is 2.63. The van der Waals surface area contributed by atoms with Crippen LogP contribution in [0, 0.1) is 0 Å². The number of nitrogens with one attached hydrogen (secondary N) is 1. The first kappa shape index (κ1) is 16.4. The number of benzene rings is 1. The van der Waals surface area contributed by atoms with Crippen LogP contribution in [0.3, 0.4) is 0 Å². The molecule has 6 nitrogen and oxygen atoms in total. The lowest BCUT2D eigenvalue weighted by atomic mass is 10.1. The lowest BCUT2D eigenvalue weighted by Gasteiger charge is -2.34. The number of ether oxygens (including phenoxy) is 2. The van der Waals surface area contributed by atoms with Crippen molar-refractivity contribution in [3.05, 3.63) is 12.1 Å². The highest BCUT2D eigenvalue weighted by Crippen LogP contribution is 2.41. The fraction of sp³-hybridized carbons (Fsp3) is 0.562. The third-order valence-corrected chi connectivity index (χ3v) is 3.79. The molecule has 0 spiro atoms. The van der Waals surface area contributed by atoms with E-state index >= 15 is 0 Å². The second-order valence-corrected chi connectivity index (χ2v) is 5.74. The molecular formula is C16H25N3O3. The van der Waals surface area contributed by atoms with E-state index in [2.05, 4.69) is 10.2 Å². The van der Waals surface area contributed by atoms with Crippen molar-refractivity contribution >= 4 is 17.3 Å². The van der Waals surface area contributed by atoms with E-state index in [0.29, 0.717) is 18.0 Å². The lowest BCUT2D eigenvalue weighted by Crippen LogP contribution is -2.46. The molecule has 1 aliphatic heterocycles. The normalized spacial score (nSPS) is 17.3. The second-order valence-electron chi connectivity index (χ2n) is 5.74. The summed E-state index contributed by atoms with van der Waals surface area (Å²) >= 11 is 0. The Morgan fingerprint density at radius 3 is 2.45 bits per heavy atom. The van der Waals surface area contributed by atoms with E-state index < -0.39 is 0 Å². The Balaban J connectivity index is 2.32. The summed E-state index contributed by atoms with van der Waals surface area (Å²) in [6.07, 6.45) is 0.916. The highest BCUT2D eigenvalue weighted by atomic mass is 16.5. The maximum absolute atomic E-state index is 12.5. The molecule has 1 N–H and O–H groups in total. The van der Waals surface area contributed by atoms with E-state index in [1.165, 1.54) is 0 Å². The molecule has 1 heterocycles. The summed E-state index contributed by atoms with van der Waals surface area (Å²) in [4.78, 5) is 16.4. The maximum Gasteiger partial charge on any atom is 0.249 e. The zero-order valence-corrected chi connectivity index (χ0v) is 14.0. The molecule has 0 saturated carbocycles. The molecular weight excluding hydrogens is 282 g/mol. The number of nitrogens with zero attached hydrogens (tertiary/aromatic N) is 2. The van der Waals surface area contributed by atoms with Crippen molar-refractivity contribution in [2.24, 2.45) is 0 Å². The topological polar surface area (TPSA) is 54.0 Å². The monoisotopic (exact) mass is 307 g/mol. The van der Waals surface area contributed by atoms with Crippen LogP contribution in [0.15, 0.2) is 12.1 Å². The summed E-state index contributed by atoms with van der Waals surface area (Å²) in [5.41, 5.74) is 1.74. The molecule has 0 aromatic heterocycles. The van der Waals surface area contributed by atoms with Crippen molar-refractivity contribution in [2.45, 2.75) is 19.4 Å². The van der Waals surface area contributed by atoms with Gasteiger partial charge in [0, 0.05) is 18.7 Å². The molecule has 6 heteroatoms. The minimum atomic E-state index is -0.245. The van der Waals surface area contributed by atoms with Crippen molar-refractivity contribution < 1.29 is 14.3 Å². The van der Waals surface area contributed by atoms with E-state index in [1.54, 1.807) is 14.2 Å². The quantitative estimate of drug-likeness (QED) is 0.868. The third-order valence-electron chi connectivity index (χ3n) is 3.79. The number of methoxy groups -OCH3 is 2. The first-order valence-electron chi connectivity index (χ1n) is 7.46. The Bertz CT molecular complexity index is 546. The number of hydrogen-bond acceptors (Lipinski definition) is 5. The van der Waals surface area contributed by atoms with Gasteiger partial charge in [-0.3, -0.25) is 4.79 Å². The van der Waals surface area contributed by atoms with Crippen LogP contribution >= 0.6 is 0 Å². The van der Waals surface area contributed by atoms with Gasteiger partial charge in [0.15, 0.2) is 11.5 Å². The predicted molar refractivity (Wildman–Crippen MR) is 88.2 cm³/mol. The van der Waals surface area contributed by atoms with Crippen molar-refractivity contribution in [2.75, 3.05) is 51.6 Å². The molecule has 0 saturated heterocycles. The lowest BCUT2D eigenvalue weighted by molar-refractivity contribution is -0.119. The number of carbonyl (C=O) groups excluding carboxylic acids is 1. The van der Waals surface area contributed by atoms with Crippen LogP contribution in [0.1, 0.15) is 13.3 Å². The minimum absolute atomic E-state index is 0.0819. The van der Waals surface area contributed by atoms with Crippen LogP contribution in [0.4, 0.5) is 11.4 Å². The molecule has 122 valence electrons. The van der Waals surface area contributed by atoms with Crippen LogP contribution in [0.25, 0.3) is 0 Å². The SMILES string of the molecule is COc1cc2c(cc1OC)N(CCCN(C)C)C(=O)C(C)N2. The number of hydrogen-bond donors (Lipinski definition) is 1. The zero-order valence-electron chi connectivity index (χ0n) is 14.0. The molecule has 2 rings (SSSR count). The Morgan fingerprint density at radius 1 is 1.23 bits per heavy atom. The van der Waals surface area contributed by atoms with Crippen LogP contribution in [0.5, 0.6) is 11.5 Å². The molecule has 1 aromatic carbocycles. The van der Waals surface area contributed by atoms with E-state index in [-0.39, 0.29) is 11.9 Å². The number of fused-ring (bicyclic) bond motifs is 1. The molecule has 1 unspecified atom stereocenters. The average Bonchev–Trinajstić information content (AvgIpc) is 2.49. The summed E-state index contributed by atoms with van der Waals surface area (Å²) < 4.78 is 10.7.